The highest BCUT2D eigenvalue weighted by Crippen LogP contribution is 2.03. The van der Waals surface area contributed by atoms with E-state index in [1.165, 1.54) is 12.5 Å². The summed E-state index contributed by atoms with van der Waals surface area (Å²) < 4.78 is 4.73. The molecule has 0 aliphatic rings. The third kappa shape index (κ3) is 1.35. The lowest BCUT2D eigenvalue weighted by molar-refractivity contribution is 0.0995. The lowest BCUT2D eigenvalue weighted by Gasteiger charge is -1.87. The first-order valence-electron chi connectivity index (χ1n) is 3.01. The Balaban J connectivity index is 2.68. The molecule has 0 aliphatic carbocycles. The zero-order valence-electron chi connectivity index (χ0n) is 5.54. The summed E-state index contributed by atoms with van der Waals surface area (Å²) in [5.41, 5.74) is 0.611. The van der Waals surface area contributed by atoms with Gasteiger partial charge in [-0.1, -0.05) is 6.08 Å². The van der Waals surface area contributed by atoms with Crippen molar-refractivity contribution >= 4 is 5.78 Å². The van der Waals surface area contributed by atoms with E-state index in [4.69, 9.17) is 4.42 Å². The summed E-state index contributed by atoms with van der Waals surface area (Å²) >= 11 is 0. The van der Waals surface area contributed by atoms with Gasteiger partial charge in [0.2, 0.25) is 0 Å². The Morgan fingerprint density at radius 2 is 2.60 bits per heavy atom. The number of carbonyl (C=O) groups is 1. The van der Waals surface area contributed by atoms with Gasteiger partial charge in [0.05, 0.1) is 11.8 Å². The van der Waals surface area contributed by atoms with Gasteiger partial charge >= 0.3 is 0 Å². The Kier molecular flexibility index (Phi) is 2.05. The van der Waals surface area contributed by atoms with Crippen LogP contribution in [-0.4, -0.2) is 5.78 Å². The van der Waals surface area contributed by atoms with Crippen molar-refractivity contribution in [3.63, 3.8) is 0 Å². The highest BCUT2D eigenvalue weighted by Gasteiger charge is 2.02. The van der Waals surface area contributed by atoms with Crippen molar-refractivity contribution in [2.45, 2.75) is 6.42 Å². The van der Waals surface area contributed by atoms with Crippen molar-refractivity contribution in [3.8, 4) is 0 Å². The molecule has 0 atom stereocenters. The number of carbonyl (C=O) groups excluding carboxylic acids is 1. The van der Waals surface area contributed by atoms with Crippen molar-refractivity contribution < 1.29 is 9.21 Å². The zero-order chi connectivity index (χ0) is 7.40. The first-order valence-corrected chi connectivity index (χ1v) is 3.01. The molecule has 52 valence electrons. The van der Waals surface area contributed by atoms with Gasteiger partial charge in [0.25, 0.3) is 0 Å². The molecular formula is C8H8O2. The molecule has 0 saturated heterocycles. The average Bonchev–Trinajstić information content (AvgIpc) is 2.38. The molecule has 1 aromatic rings. The second kappa shape index (κ2) is 3.01. The second-order valence-electron chi connectivity index (χ2n) is 1.93. The number of ketones is 1. The Bertz CT molecular complexity index is 221. The summed E-state index contributed by atoms with van der Waals surface area (Å²) in [4.78, 5) is 11.0. The van der Waals surface area contributed by atoms with E-state index in [-0.39, 0.29) is 5.78 Å². The quantitative estimate of drug-likeness (QED) is 0.470. The van der Waals surface area contributed by atoms with E-state index in [1.54, 1.807) is 12.1 Å². The standard InChI is InChI=1S/C8H8O2/c1-2-3-8(9)7-4-5-10-6-7/h2,4-6H,1,3H2. The van der Waals surface area contributed by atoms with Crippen LogP contribution in [0.3, 0.4) is 0 Å². The van der Waals surface area contributed by atoms with Crippen molar-refractivity contribution in [2.24, 2.45) is 0 Å². The number of Topliss-reactive ketones (excluding diaryl/α,β-unsaturated/α-hetero) is 1. The Morgan fingerprint density at radius 3 is 3.10 bits per heavy atom. The summed E-state index contributed by atoms with van der Waals surface area (Å²) in [5.74, 6) is 0.0451. The van der Waals surface area contributed by atoms with Crippen LogP contribution in [0.25, 0.3) is 0 Å². The summed E-state index contributed by atoms with van der Waals surface area (Å²) in [6.45, 7) is 3.46. The molecule has 1 rings (SSSR count). The predicted octanol–water partition coefficient (Wildman–Crippen LogP) is 2.04. The van der Waals surface area contributed by atoms with E-state index < -0.39 is 0 Å². The van der Waals surface area contributed by atoms with Crippen LogP contribution in [0, 0.1) is 0 Å². The maximum absolute atomic E-state index is 11.0. The molecular weight excluding hydrogens is 128 g/mol. The van der Waals surface area contributed by atoms with Crippen LogP contribution >= 0.6 is 0 Å². The molecule has 0 aromatic carbocycles. The van der Waals surface area contributed by atoms with E-state index >= 15 is 0 Å². The van der Waals surface area contributed by atoms with E-state index in [9.17, 15) is 4.79 Å². The third-order valence-corrected chi connectivity index (χ3v) is 1.17. The number of hydrogen-bond donors (Lipinski definition) is 0. The van der Waals surface area contributed by atoms with Gasteiger partial charge in [0.15, 0.2) is 5.78 Å². The fourth-order valence-corrected chi connectivity index (χ4v) is 0.672. The minimum Gasteiger partial charge on any atom is -0.472 e. The highest BCUT2D eigenvalue weighted by molar-refractivity contribution is 5.96. The van der Waals surface area contributed by atoms with E-state index in [1.807, 2.05) is 0 Å². The van der Waals surface area contributed by atoms with Gasteiger partial charge in [0.1, 0.15) is 6.26 Å². The summed E-state index contributed by atoms with van der Waals surface area (Å²) in [7, 11) is 0. The normalized spacial score (nSPS) is 9.20. The first kappa shape index (κ1) is 6.81. The summed E-state index contributed by atoms with van der Waals surface area (Å²) in [6.07, 6.45) is 4.87. The molecule has 0 bridgehead atoms. The fraction of sp³-hybridized carbons (Fsp3) is 0.125. The maximum Gasteiger partial charge on any atom is 0.169 e. The van der Waals surface area contributed by atoms with Gasteiger partial charge in [-0.2, -0.15) is 0 Å². The molecule has 2 nitrogen and oxygen atoms in total. The van der Waals surface area contributed by atoms with Crippen molar-refractivity contribution in [2.75, 3.05) is 0 Å². The number of allylic oxidation sites excluding steroid dienone is 1. The molecule has 0 spiro atoms. The lowest BCUT2D eigenvalue weighted by Crippen LogP contribution is -1.92. The Morgan fingerprint density at radius 1 is 1.80 bits per heavy atom. The summed E-state index contributed by atoms with van der Waals surface area (Å²) in [6, 6.07) is 1.64. The second-order valence-corrected chi connectivity index (χ2v) is 1.93. The molecule has 1 aromatic heterocycles. The van der Waals surface area contributed by atoms with E-state index in [0.717, 1.165) is 0 Å². The van der Waals surface area contributed by atoms with Crippen LogP contribution in [0.5, 0.6) is 0 Å². The molecule has 0 saturated carbocycles. The van der Waals surface area contributed by atoms with Gasteiger partial charge < -0.3 is 4.42 Å². The molecule has 0 radical (unpaired) electrons. The first-order chi connectivity index (χ1) is 4.84. The van der Waals surface area contributed by atoms with E-state index in [2.05, 4.69) is 6.58 Å². The predicted molar refractivity (Wildman–Crippen MR) is 37.9 cm³/mol. The zero-order valence-corrected chi connectivity index (χ0v) is 5.54. The summed E-state index contributed by atoms with van der Waals surface area (Å²) in [5, 5.41) is 0. The van der Waals surface area contributed by atoms with Crippen LogP contribution in [0.2, 0.25) is 0 Å². The van der Waals surface area contributed by atoms with Crippen LogP contribution in [0.1, 0.15) is 16.8 Å². The van der Waals surface area contributed by atoms with Crippen LogP contribution in [0.4, 0.5) is 0 Å². The Labute approximate surface area is 59.2 Å². The molecule has 2 heteroatoms. The third-order valence-electron chi connectivity index (χ3n) is 1.17. The van der Waals surface area contributed by atoms with Gasteiger partial charge in [-0.25, -0.2) is 0 Å². The maximum atomic E-state index is 11.0. The van der Waals surface area contributed by atoms with Gasteiger partial charge in [0, 0.05) is 6.42 Å². The SMILES string of the molecule is C=CCC(=O)c1ccoc1. The lowest BCUT2D eigenvalue weighted by atomic mass is 10.2. The van der Waals surface area contributed by atoms with Crippen LogP contribution < -0.4 is 0 Å². The molecule has 10 heavy (non-hydrogen) atoms. The smallest absolute Gasteiger partial charge is 0.169 e. The minimum absolute atomic E-state index is 0.0451. The minimum atomic E-state index is 0.0451. The van der Waals surface area contributed by atoms with E-state index in [0.29, 0.717) is 12.0 Å². The monoisotopic (exact) mass is 136 g/mol. The molecule has 0 aliphatic heterocycles. The van der Waals surface area contributed by atoms with Gasteiger partial charge in [-0.05, 0) is 6.07 Å². The largest absolute Gasteiger partial charge is 0.472 e. The number of rotatable bonds is 3. The fourth-order valence-electron chi connectivity index (χ4n) is 0.672. The molecule has 0 fully saturated rings. The van der Waals surface area contributed by atoms with Crippen molar-refractivity contribution in [1.29, 1.82) is 0 Å². The topological polar surface area (TPSA) is 30.2 Å². The molecule has 0 N–H and O–H groups in total. The van der Waals surface area contributed by atoms with Crippen LogP contribution in [-0.2, 0) is 0 Å². The van der Waals surface area contributed by atoms with Gasteiger partial charge in [-0.3, -0.25) is 4.79 Å². The number of furan rings is 1. The average molecular weight is 136 g/mol. The highest BCUT2D eigenvalue weighted by atomic mass is 16.3. The van der Waals surface area contributed by atoms with Gasteiger partial charge in [-0.15, -0.1) is 6.58 Å². The van der Waals surface area contributed by atoms with Crippen molar-refractivity contribution in [3.05, 3.63) is 36.8 Å². The van der Waals surface area contributed by atoms with Crippen molar-refractivity contribution in [1.82, 2.24) is 0 Å². The molecule has 0 amide bonds. The van der Waals surface area contributed by atoms with Crippen LogP contribution in [0.15, 0.2) is 35.7 Å². The number of hydrogen-bond acceptors (Lipinski definition) is 2. The molecule has 1 heterocycles. The Hall–Kier alpha value is -1.31. The molecule has 0 unspecified atom stereocenters.